The number of hydrogen-bond donors (Lipinski definition) is 0. The largest absolute Gasteiger partial charge is 0.459 e. The van der Waals surface area contributed by atoms with Crippen LogP contribution in [0.2, 0.25) is 0 Å². The number of esters is 1. The van der Waals surface area contributed by atoms with Gasteiger partial charge in [0.15, 0.2) is 0 Å². The number of rotatable bonds is 7. The number of benzene rings is 1. The first kappa shape index (κ1) is 14.7. The molecule has 0 saturated carbocycles. The first-order valence-corrected chi connectivity index (χ1v) is 7.01. The summed E-state index contributed by atoms with van der Waals surface area (Å²) in [5.41, 5.74) is 1.94. The van der Waals surface area contributed by atoms with Gasteiger partial charge in [-0.05, 0) is 43.4 Å². The Labute approximate surface area is 110 Å². The Balaban J connectivity index is 2.58. The van der Waals surface area contributed by atoms with Gasteiger partial charge in [0.25, 0.3) is 0 Å². The maximum atomic E-state index is 11.9. The van der Waals surface area contributed by atoms with Crippen molar-refractivity contribution >= 4 is 5.97 Å². The fourth-order valence-corrected chi connectivity index (χ4v) is 1.86. The molecule has 0 spiro atoms. The predicted octanol–water partition coefficient (Wildman–Crippen LogP) is 4.37. The van der Waals surface area contributed by atoms with E-state index >= 15 is 0 Å². The Kier molecular flexibility index (Phi) is 6.48. The Morgan fingerprint density at radius 2 is 1.72 bits per heavy atom. The molecule has 0 heterocycles. The highest BCUT2D eigenvalue weighted by atomic mass is 16.5. The first-order chi connectivity index (χ1) is 8.71. The second kappa shape index (κ2) is 7.91. The standard InChI is InChI=1S/C16H24O2/c1-4-7-8-13-9-11-14(12-10-13)16(17)18-15(5-2)6-3/h9-12,15H,4-8H2,1-3H3. The highest BCUT2D eigenvalue weighted by Crippen LogP contribution is 2.11. The van der Waals surface area contributed by atoms with Gasteiger partial charge in [-0.15, -0.1) is 0 Å². The minimum absolute atomic E-state index is 0.0391. The van der Waals surface area contributed by atoms with E-state index in [2.05, 4.69) is 6.92 Å². The minimum atomic E-state index is -0.203. The number of carbonyl (C=O) groups excluding carboxylic acids is 1. The van der Waals surface area contributed by atoms with Crippen molar-refractivity contribution in [2.24, 2.45) is 0 Å². The molecule has 0 fully saturated rings. The van der Waals surface area contributed by atoms with Gasteiger partial charge in [0.1, 0.15) is 6.10 Å². The first-order valence-electron chi connectivity index (χ1n) is 7.01. The summed E-state index contributed by atoms with van der Waals surface area (Å²) in [6, 6.07) is 7.80. The van der Waals surface area contributed by atoms with Crippen molar-refractivity contribution in [3.8, 4) is 0 Å². The van der Waals surface area contributed by atoms with E-state index in [-0.39, 0.29) is 12.1 Å². The molecule has 2 heteroatoms. The van der Waals surface area contributed by atoms with Crippen molar-refractivity contribution in [3.63, 3.8) is 0 Å². The van der Waals surface area contributed by atoms with Crippen molar-refractivity contribution in [2.45, 2.75) is 59.0 Å². The number of carbonyl (C=O) groups is 1. The molecule has 0 unspecified atom stereocenters. The Bertz CT molecular complexity index is 350. The van der Waals surface area contributed by atoms with Gasteiger partial charge in [-0.25, -0.2) is 4.79 Å². The summed E-state index contributed by atoms with van der Waals surface area (Å²) in [5.74, 6) is -0.203. The molecule has 0 radical (unpaired) electrons. The van der Waals surface area contributed by atoms with Gasteiger partial charge in [0.05, 0.1) is 5.56 Å². The third-order valence-corrected chi connectivity index (χ3v) is 3.19. The van der Waals surface area contributed by atoms with Gasteiger partial charge >= 0.3 is 5.97 Å². The molecule has 0 N–H and O–H groups in total. The molecule has 0 saturated heterocycles. The summed E-state index contributed by atoms with van der Waals surface area (Å²) in [4.78, 5) is 11.9. The lowest BCUT2D eigenvalue weighted by Gasteiger charge is -2.14. The quantitative estimate of drug-likeness (QED) is 0.669. The van der Waals surface area contributed by atoms with Gasteiger partial charge < -0.3 is 4.74 Å². The van der Waals surface area contributed by atoms with Crippen LogP contribution in [-0.2, 0) is 11.2 Å². The molecule has 0 bridgehead atoms. The van der Waals surface area contributed by atoms with E-state index in [1.165, 1.54) is 18.4 Å². The van der Waals surface area contributed by atoms with Crippen molar-refractivity contribution in [3.05, 3.63) is 35.4 Å². The zero-order valence-corrected chi connectivity index (χ0v) is 11.7. The lowest BCUT2D eigenvalue weighted by atomic mass is 10.1. The number of aryl methyl sites for hydroxylation is 1. The number of ether oxygens (including phenoxy) is 1. The second-order valence-corrected chi connectivity index (χ2v) is 4.64. The molecule has 0 atom stereocenters. The molecule has 0 amide bonds. The summed E-state index contributed by atoms with van der Waals surface area (Å²) in [6.45, 7) is 6.26. The Hall–Kier alpha value is -1.31. The predicted molar refractivity (Wildman–Crippen MR) is 74.8 cm³/mol. The van der Waals surface area contributed by atoms with Gasteiger partial charge in [-0.1, -0.05) is 39.3 Å². The number of unbranched alkanes of at least 4 members (excludes halogenated alkanes) is 1. The molecule has 0 aliphatic rings. The van der Waals surface area contributed by atoms with E-state index in [9.17, 15) is 4.79 Å². The van der Waals surface area contributed by atoms with Crippen molar-refractivity contribution in [1.29, 1.82) is 0 Å². The molecule has 1 aromatic rings. The molecular weight excluding hydrogens is 224 g/mol. The van der Waals surface area contributed by atoms with Crippen LogP contribution in [0, 0.1) is 0 Å². The minimum Gasteiger partial charge on any atom is -0.459 e. The molecular formula is C16H24O2. The van der Waals surface area contributed by atoms with Gasteiger partial charge in [0, 0.05) is 0 Å². The van der Waals surface area contributed by atoms with Crippen molar-refractivity contribution < 1.29 is 9.53 Å². The van der Waals surface area contributed by atoms with Crippen LogP contribution in [0.25, 0.3) is 0 Å². The fraction of sp³-hybridized carbons (Fsp3) is 0.562. The van der Waals surface area contributed by atoms with Gasteiger partial charge in [0.2, 0.25) is 0 Å². The van der Waals surface area contributed by atoms with Crippen LogP contribution in [0.3, 0.4) is 0 Å². The third kappa shape index (κ3) is 4.52. The van der Waals surface area contributed by atoms with Crippen LogP contribution >= 0.6 is 0 Å². The van der Waals surface area contributed by atoms with E-state index in [1.807, 2.05) is 38.1 Å². The summed E-state index contributed by atoms with van der Waals surface area (Å²) < 4.78 is 5.42. The molecule has 0 aliphatic carbocycles. The van der Waals surface area contributed by atoms with Crippen molar-refractivity contribution in [1.82, 2.24) is 0 Å². The van der Waals surface area contributed by atoms with E-state index in [4.69, 9.17) is 4.74 Å². The zero-order valence-electron chi connectivity index (χ0n) is 11.7. The molecule has 0 aromatic heterocycles. The Morgan fingerprint density at radius 1 is 1.11 bits per heavy atom. The van der Waals surface area contributed by atoms with E-state index in [0.29, 0.717) is 5.56 Å². The van der Waals surface area contributed by atoms with Crippen LogP contribution in [0.4, 0.5) is 0 Å². The van der Waals surface area contributed by atoms with Crippen LogP contribution in [0.5, 0.6) is 0 Å². The maximum absolute atomic E-state index is 11.9. The smallest absolute Gasteiger partial charge is 0.338 e. The molecule has 100 valence electrons. The van der Waals surface area contributed by atoms with Crippen LogP contribution in [0.15, 0.2) is 24.3 Å². The molecule has 1 rings (SSSR count). The van der Waals surface area contributed by atoms with Crippen molar-refractivity contribution in [2.75, 3.05) is 0 Å². The normalized spacial score (nSPS) is 10.7. The van der Waals surface area contributed by atoms with Crippen LogP contribution in [-0.4, -0.2) is 12.1 Å². The maximum Gasteiger partial charge on any atom is 0.338 e. The molecule has 1 aromatic carbocycles. The number of hydrogen-bond acceptors (Lipinski definition) is 2. The van der Waals surface area contributed by atoms with Crippen LogP contribution < -0.4 is 0 Å². The average Bonchev–Trinajstić information content (AvgIpc) is 2.42. The van der Waals surface area contributed by atoms with Gasteiger partial charge in [-0.2, -0.15) is 0 Å². The highest BCUT2D eigenvalue weighted by molar-refractivity contribution is 5.89. The summed E-state index contributed by atoms with van der Waals surface area (Å²) in [7, 11) is 0. The molecule has 18 heavy (non-hydrogen) atoms. The monoisotopic (exact) mass is 248 g/mol. The second-order valence-electron chi connectivity index (χ2n) is 4.64. The van der Waals surface area contributed by atoms with E-state index < -0.39 is 0 Å². The van der Waals surface area contributed by atoms with Gasteiger partial charge in [-0.3, -0.25) is 0 Å². The highest BCUT2D eigenvalue weighted by Gasteiger charge is 2.12. The molecule has 0 aliphatic heterocycles. The van der Waals surface area contributed by atoms with E-state index in [1.54, 1.807) is 0 Å². The zero-order chi connectivity index (χ0) is 13.4. The summed E-state index contributed by atoms with van der Waals surface area (Å²) >= 11 is 0. The third-order valence-electron chi connectivity index (χ3n) is 3.19. The lowest BCUT2D eigenvalue weighted by Crippen LogP contribution is -2.16. The fourth-order valence-electron chi connectivity index (χ4n) is 1.86. The summed E-state index contributed by atoms with van der Waals surface area (Å²) in [6.07, 6.45) is 5.25. The SMILES string of the molecule is CCCCc1ccc(C(=O)OC(CC)CC)cc1. The van der Waals surface area contributed by atoms with E-state index in [0.717, 1.165) is 19.3 Å². The summed E-state index contributed by atoms with van der Waals surface area (Å²) in [5, 5.41) is 0. The Morgan fingerprint density at radius 3 is 2.22 bits per heavy atom. The topological polar surface area (TPSA) is 26.3 Å². The van der Waals surface area contributed by atoms with Crippen LogP contribution in [0.1, 0.15) is 62.4 Å². The lowest BCUT2D eigenvalue weighted by molar-refractivity contribution is 0.0284. The molecule has 2 nitrogen and oxygen atoms in total. The average molecular weight is 248 g/mol.